The van der Waals surface area contributed by atoms with Crippen molar-refractivity contribution in [1.29, 1.82) is 0 Å². The predicted molar refractivity (Wildman–Crippen MR) is 117 cm³/mol. The average Bonchev–Trinajstić information content (AvgIpc) is 3.19. The van der Waals surface area contributed by atoms with Crippen molar-refractivity contribution in [1.82, 2.24) is 5.32 Å². The zero-order valence-corrected chi connectivity index (χ0v) is 19.4. The Labute approximate surface area is 197 Å². The number of para-hydroxylation sites is 1. The molecule has 0 spiro atoms. The summed E-state index contributed by atoms with van der Waals surface area (Å²) in [5.74, 6) is -3.90. The lowest BCUT2D eigenvalue weighted by molar-refractivity contribution is -0.203. The Hall–Kier alpha value is -3.28. The van der Waals surface area contributed by atoms with Gasteiger partial charge in [-0.25, -0.2) is 9.59 Å². The van der Waals surface area contributed by atoms with Gasteiger partial charge < -0.3 is 24.8 Å². The first-order valence-corrected chi connectivity index (χ1v) is 11.0. The van der Waals surface area contributed by atoms with Crippen molar-refractivity contribution in [2.45, 2.75) is 37.5 Å². The molecule has 0 bridgehead atoms. The number of hydrogen-bond acceptors (Lipinski definition) is 8. The van der Waals surface area contributed by atoms with Gasteiger partial charge in [0, 0.05) is 4.88 Å². The Morgan fingerprint density at radius 2 is 1.68 bits per heavy atom. The van der Waals surface area contributed by atoms with Gasteiger partial charge in [0.2, 0.25) is 0 Å². The number of nitrogens with one attached hydrogen (secondary N) is 2. The minimum atomic E-state index is -5.37. The van der Waals surface area contributed by atoms with E-state index in [1.807, 2.05) is 0 Å². The molecule has 3 rings (SSSR count). The number of ether oxygens (including phenoxy) is 3. The Balaban J connectivity index is 2.15. The van der Waals surface area contributed by atoms with E-state index in [0.29, 0.717) is 23.3 Å². The molecular formula is C22H23F3N2O6S. The third-order valence-corrected chi connectivity index (χ3v) is 6.64. The summed E-state index contributed by atoms with van der Waals surface area (Å²) < 4.78 is 57.9. The number of halogens is 3. The van der Waals surface area contributed by atoms with Crippen LogP contribution >= 0.6 is 11.3 Å². The van der Waals surface area contributed by atoms with Crippen molar-refractivity contribution in [2.24, 2.45) is 0 Å². The molecule has 0 saturated carbocycles. The third kappa shape index (κ3) is 4.54. The topological polar surface area (TPSA) is 103 Å². The minimum absolute atomic E-state index is 0.00257. The molecule has 1 amide bonds. The van der Waals surface area contributed by atoms with E-state index in [1.165, 1.54) is 31.4 Å². The van der Waals surface area contributed by atoms with Gasteiger partial charge >= 0.3 is 23.8 Å². The van der Waals surface area contributed by atoms with Crippen LogP contribution in [0.25, 0.3) is 0 Å². The van der Waals surface area contributed by atoms with E-state index in [9.17, 15) is 27.6 Å². The standard InChI is InChI=1S/C22H23F3N2O6S/c1-31-14-10-6-4-8-12(14)17(28)26-21(20(30)33-3,22(23,24)25)27-18-16(19(29)32-2)13-9-5-7-11-15(13)34-18/h4,6,8,10,27H,5,7,9,11H2,1-3H3,(H,26,28)/t21-/m0/s1. The first kappa shape index (κ1) is 25.3. The van der Waals surface area contributed by atoms with Crippen LogP contribution in [0.1, 0.15) is 44.0 Å². The highest BCUT2D eigenvalue weighted by Gasteiger charge is 2.64. The Morgan fingerprint density at radius 3 is 2.29 bits per heavy atom. The maximum Gasteiger partial charge on any atom is 0.441 e. The van der Waals surface area contributed by atoms with Crippen LogP contribution in [0.3, 0.4) is 0 Å². The lowest BCUT2D eigenvalue weighted by atomic mass is 9.95. The summed E-state index contributed by atoms with van der Waals surface area (Å²) in [7, 11) is 3.13. The number of esters is 2. The van der Waals surface area contributed by atoms with Gasteiger partial charge in [0.1, 0.15) is 10.8 Å². The van der Waals surface area contributed by atoms with E-state index < -0.39 is 29.7 Å². The second kappa shape index (κ2) is 9.92. The van der Waals surface area contributed by atoms with E-state index in [4.69, 9.17) is 9.47 Å². The fourth-order valence-electron chi connectivity index (χ4n) is 3.76. The predicted octanol–water partition coefficient (Wildman–Crippen LogP) is 3.70. The first-order chi connectivity index (χ1) is 16.1. The second-order valence-electron chi connectivity index (χ2n) is 7.43. The Bertz CT molecular complexity index is 1100. The molecule has 1 aliphatic carbocycles. The SMILES string of the molecule is COC(=O)c1c(N[C@@](NC(=O)c2ccccc2OC)(C(=O)OC)C(F)(F)F)sc2c1CCCC2. The molecule has 0 unspecified atom stereocenters. The summed E-state index contributed by atoms with van der Waals surface area (Å²) in [6.07, 6.45) is -2.77. The van der Waals surface area contributed by atoms with Gasteiger partial charge in [-0.15, -0.1) is 11.3 Å². The van der Waals surface area contributed by atoms with Crippen LogP contribution < -0.4 is 15.4 Å². The molecule has 2 N–H and O–H groups in total. The molecule has 8 nitrogen and oxygen atoms in total. The molecule has 12 heteroatoms. The zero-order valence-electron chi connectivity index (χ0n) is 18.6. The van der Waals surface area contributed by atoms with Crippen LogP contribution in [-0.4, -0.2) is 51.0 Å². The number of aryl methyl sites for hydroxylation is 1. The monoisotopic (exact) mass is 500 g/mol. The molecule has 0 aliphatic heterocycles. The van der Waals surface area contributed by atoms with E-state index in [-0.39, 0.29) is 21.9 Å². The molecule has 184 valence electrons. The second-order valence-corrected chi connectivity index (χ2v) is 8.53. The van der Waals surface area contributed by atoms with Crippen LogP contribution in [0.15, 0.2) is 24.3 Å². The number of carbonyl (C=O) groups excluding carboxylic acids is 3. The molecule has 34 heavy (non-hydrogen) atoms. The third-order valence-electron chi connectivity index (χ3n) is 5.43. The van der Waals surface area contributed by atoms with E-state index in [1.54, 1.807) is 5.32 Å². The van der Waals surface area contributed by atoms with Crippen molar-refractivity contribution < 1.29 is 41.8 Å². The van der Waals surface area contributed by atoms with E-state index in [0.717, 1.165) is 38.4 Å². The number of rotatable bonds is 7. The quantitative estimate of drug-likeness (QED) is 0.442. The number of anilines is 1. The van der Waals surface area contributed by atoms with Gasteiger partial charge in [-0.1, -0.05) is 12.1 Å². The van der Waals surface area contributed by atoms with Crippen LogP contribution in [0.4, 0.5) is 18.2 Å². The molecule has 1 atom stereocenters. The van der Waals surface area contributed by atoms with Gasteiger partial charge in [0.15, 0.2) is 0 Å². The summed E-state index contributed by atoms with van der Waals surface area (Å²) in [6.45, 7) is 0. The molecule has 0 saturated heterocycles. The zero-order chi connectivity index (χ0) is 25.1. The number of thiophene rings is 1. The van der Waals surface area contributed by atoms with Crippen LogP contribution in [-0.2, 0) is 27.1 Å². The lowest BCUT2D eigenvalue weighted by Crippen LogP contribution is -2.69. The van der Waals surface area contributed by atoms with E-state index >= 15 is 0 Å². The maximum absolute atomic E-state index is 14.5. The van der Waals surface area contributed by atoms with Crippen molar-refractivity contribution in [3.05, 3.63) is 45.8 Å². The number of carbonyl (C=O) groups is 3. The molecule has 0 fully saturated rings. The average molecular weight is 500 g/mol. The fourth-order valence-corrected chi connectivity index (χ4v) is 5.09. The molecule has 0 radical (unpaired) electrons. The summed E-state index contributed by atoms with van der Waals surface area (Å²) in [5, 5.41) is 3.61. The molecule has 1 aliphatic rings. The van der Waals surface area contributed by atoms with Crippen LogP contribution in [0, 0.1) is 0 Å². The highest BCUT2D eigenvalue weighted by atomic mass is 32.1. The van der Waals surface area contributed by atoms with Crippen LogP contribution in [0.5, 0.6) is 5.75 Å². The van der Waals surface area contributed by atoms with Gasteiger partial charge in [0.25, 0.3) is 5.91 Å². The van der Waals surface area contributed by atoms with Gasteiger partial charge in [-0.05, 0) is 43.4 Å². The number of amides is 1. The molecule has 1 aromatic heterocycles. The normalized spacial score (nSPS) is 14.9. The maximum atomic E-state index is 14.5. The molecule has 1 heterocycles. The highest BCUT2D eigenvalue weighted by Crippen LogP contribution is 2.42. The minimum Gasteiger partial charge on any atom is -0.496 e. The number of fused-ring (bicyclic) bond motifs is 1. The summed E-state index contributed by atoms with van der Waals surface area (Å²) >= 11 is 0.911. The van der Waals surface area contributed by atoms with Crippen molar-refractivity contribution in [2.75, 3.05) is 26.6 Å². The summed E-state index contributed by atoms with van der Waals surface area (Å²) in [5.41, 5.74) is -3.45. The van der Waals surface area contributed by atoms with Crippen molar-refractivity contribution in [3.8, 4) is 5.75 Å². The summed E-state index contributed by atoms with van der Waals surface area (Å²) in [4.78, 5) is 38.8. The number of methoxy groups -OCH3 is 3. The van der Waals surface area contributed by atoms with Gasteiger partial charge in [0.05, 0.1) is 32.5 Å². The number of alkyl halides is 3. The lowest BCUT2D eigenvalue weighted by Gasteiger charge is -2.34. The molecule has 2 aromatic rings. The molecular weight excluding hydrogens is 477 g/mol. The van der Waals surface area contributed by atoms with Gasteiger partial charge in [-0.2, -0.15) is 13.2 Å². The van der Waals surface area contributed by atoms with Crippen molar-refractivity contribution >= 4 is 34.2 Å². The smallest absolute Gasteiger partial charge is 0.441 e. The Morgan fingerprint density at radius 1 is 1.00 bits per heavy atom. The highest BCUT2D eigenvalue weighted by molar-refractivity contribution is 7.16. The first-order valence-electron chi connectivity index (χ1n) is 10.2. The Kier molecular flexibility index (Phi) is 7.39. The van der Waals surface area contributed by atoms with Gasteiger partial charge in [-0.3, -0.25) is 4.79 Å². The fraction of sp³-hybridized carbons (Fsp3) is 0.409. The van der Waals surface area contributed by atoms with E-state index in [2.05, 4.69) is 10.1 Å². The van der Waals surface area contributed by atoms with Crippen molar-refractivity contribution in [3.63, 3.8) is 0 Å². The largest absolute Gasteiger partial charge is 0.496 e. The number of hydrogen-bond donors (Lipinski definition) is 2. The van der Waals surface area contributed by atoms with Crippen LogP contribution in [0.2, 0.25) is 0 Å². The summed E-state index contributed by atoms with van der Waals surface area (Å²) in [6, 6.07) is 5.60. The number of benzene rings is 1. The molecule has 1 aromatic carbocycles.